The molecule has 20 heavy (non-hydrogen) atoms. The second-order valence-electron chi connectivity index (χ2n) is 4.93. The second kappa shape index (κ2) is 6.91. The molecule has 0 aliphatic heterocycles. The molecule has 1 unspecified atom stereocenters. The minimum atomic E-state index is -4.18. The average molecular weight is 352 g/mol. The van der Waals surface area contributed by atoms with E-state index in [-0.39, 0.29) is 12.7 Å². The van der Waals surface area contributed by atoms with Gasteiger partial charge in [-0.2, -0.15) is 13.2 Å². The van der Waals surface area contributed by atoms with Crippen LogP contribution >= 0.6 is 15.9 Å². The van der Waals surface area contributed by atoms with E-state index in [1.807, 2.05) is 24.3 Å². The van der Waals surface area contributed by atoms with Gasteiger partial charge < -0.3 is 10.1 Å². The molecule has 1 aromatic carbocycles. The van der Waals surface area contributed by atoms with Crippen molar-refractivity contribution in [2.24, 2.45) is 0 Å². The van der Waals surface area contributed by atoms with Gasteiger partial charge in [-0.15, -0.1) is 0 Å². The van der Waals surface area contributed by atoms with E-state index in [0.717, 1.165) is 22.9 Å². The molecule has 1 aromatic rings. The number of benzene rings is 1. The zero-order valence-electron chi connectivity index (χ0n) is 10.9. The van der Waals surface area contributed by atoms with Crippen LogP contribution in [0.3, 0.4) is 0 Å². The van der Waals surface area contributed by atoms with Crippen molar-refractivity contribution in [3.63, 3.8) is 0 Å². The van der Waals surface area contributed by atoms with Gasteiger partial charge in [-0.25, -0.2) is 0 Å². The number of ether oxygens (including phenoxy) is 1. The zero-order valence-corrected chi connectivity index (χ0v) is 12.5. The van der Waals surface area contributed by atoms with Crippen LogP contribution in [0, 0.1) is 0 Å². The van der Waals surface area contributed by atoms with Crippen LogP contribution in [0.25, 0.3) is 0 Å². The van der Waals surface area contributed by atoms with Crippen LogP contribution in [0.5, 0.6) is 0 Å². The number of rotatable bonds is 7. The highest BCUT2D eigenvalue weighted by molar-refractivity contribution is 9.10. The quantitative estimate of drug-likeness (QED) is 0.794. The highest BCUT2D eigenvalue weighted by Gasteiger charge is 2.28. The fraction of sp³-hybridized carbons (Fsp3) is 0.571. The van der Waals surface area contributed by atoms with Crippen molar-refractivity contribution in [3.05, 3.63) is 34.3 Å². The molecule has 0 spiro atoms. The summed E-state index contributed by atoms with van der Waals surface area (Å²) in [6.45, 7) is 0.215. The summed E-state index contributed by atoms with van der Waals surface area (Å²) in [6.07, 6.45) is -3.20. The van der Waals surface area contributed by atoms with Gasteiger partial charge in [0.25, 0.3) is 0 Å². The summed E-state index contributed by atoms with van der Waals surface area (Å²) in [4.78, 5) is 0. The Morgan fingerprint density at radius 2 is 2.00 bits per heavy atom. The van der Waals surface area contributed by atoms with Gasteiger partial charge >= 0.3 is 6.18 Å². The van der Waals surface area contributed by atoms with Crippen molar-refractivity contribution in [1.29, 1.82) is 0 Å². The monoisotopic (exact) mass is 351 g/mol. The SMILES string of the molecule is FC(F)(F)CCOC(CNC1CC1)c1ccccc1Br. The van der Waals surface area contributed by atoms with Gasteiger partial charge in [0.2, 0.25) is 0 Å². The molecule has 112 valence electrons. The predicted molar refractivity (Wildman–Crippen MR) is 74.5 cm³/mol. The molecule has 0 radical (unpaired) electrons. The lowest BCUT2D eigenvalue weighted by molar-refractivity contribution is -0.149. The first-order valence-corrected chi connectivity index (χ1v) is 7.41. The van der Waals surface area contributed by atoms with E-state index in [1.165, 1.54) is 0 Å². The van der Waals surface area contributed by atoms with Crippen LogP contribution < -0.4 is 5.32 Å². The van der Waals surface area contributed by atoms with E-state index < -0.39 is 12.6 Å². The Bertz CT molecular complexity index is 435. The summed E-state index contributed by atoms with van der Waals surface area (Å²) in [5, 5.41) is 3.30. The van der Waals surface area contributed by atoms with Crippen molar-refractivity contribution in [3.8, 4) is 0 Å². The molecule has 2 nitrogen and oxygen atoms in total. The topological polar surface area (TPSA) is 21.3 Å². The molecule has 1 N–H and O–H groups in total. The Morgan fingerprint density at radius 1 is 1.30 bits per heavy atom. The van der Waals surface area contributed by atoms with Gasteiger partial charge in [-0.05, 0) is 24.5 Å². The average Bonchev–Trinajstić information content (AvgIpc) is 3.17. The van der Waals surface area contributed by atoms with E-state index in [4.69, 9.17) is 4.74 Å². The van der Waals surface area contributed by atoms with Crippen molar-refractivity contribution in [1.82, 2.24) is 5.32 Å². The zero-order chi connectivity index (χ0) is 14.6. The van der Waals surface area contributed by atoms with Crippen molar-refractivity contribution < 1.29 is 17.9 Å². The number of nitrogens with one attached hydrogen (secondary N) is 1. The summed E-state index contributed by atoms with van der Waals surface area (Å²) in [6, 6.07) is 7.96. The minimum Gasteiger partial charge on any atom is -0.372 e. The molecule has 1 atom stereocenters. The fourth-order valence-electron chi connectivity index (χ4n) is 1.87. The first-order chi connectivity index (χ1) is 9.46. The van der Waals surface area contributed by atoms with Crippen LogP contribution in [0.15, 0.2) is 28.7 Å². The Balaban J connectivity index is 1.94. The van der Waals surface area contributed by atoms with Crippen LogP contribution in [0.4, 0.5) is 13.2 Å². The number of halogens is 4. The number of hydrogen-bond donors (Lipinski definition) is 1. The van der Waals surface area contributed by atoms with E-state index in [9.17, 15) is 13.2 Å². The third-order valence-corrected chi connectivity index (χ3v) is 3.85. The predicted octanol–water partition coefficient (Wildman–Crippen LogP) is 4.21. The standard InChI is InChI=1S/C14H17BrF3NO/c15-12-4-2-1-3-11(12)13(9-19-10-5-6-10)20-8-7-14(16,17)18/h1-4,10,13,19H,5-9H2. The molecule has 1 aliphatic carbocycles. The number of hydrogen-bond acceptors (Lipinski definition) is 2. The molecular weight excluding hydrogens is 335 g/mol. The lowest BCUT2D eigenvalue weighted by Crippen LogP contribution is -2.26. The second-order valence-corrected chi connectivity index (χ2v) is 5.78. The maximum absolute atomic E-state index is 12.2. The van der Waals surface area contributed by atoms with Gasteiger partial charge in [-0.3, -0.25) is 0 Å². The highest BCUT2D eigenvalue weighted by atomic mass is 79.9. The number of alkyl halides is 3. The van der Waals surface area contributed by atoms with Crippen LogP contribution in [-0.4, -0.2) is 25.4 Å². The van der Waals surface area contributed by atoms with Gasteiger partial charge in [-0.1, -0.05) is 34.1 Å². The molecule has 2 rings (SSSR count). The van der Waals surface area contributed by atoms with E-state index >= 15 is 0 Å². The van der Waals surface area contributed by atoms with E-state index in [2.05, 4.69) is 21.2 Å². The molecule has 6 heteroatoms. The first kappa shape index (κ1) is 15.8. The van der Waals surface area contributed by atoms with Crippen LogP contribution in [0.2, 0.25) is 0 Å². The molecule has 0 bridgehead atoms. The third-order valence-electron chi connectivity index (χ3n) is 3.13. The van der Waals surface area contributed by atoms with Crippen LogP contribution in [-0.2, 0) is 4.74 Å². The molecule has 1 saturated carbocycles. The molecule has 1 aliphatic rings. The molecule has 1 fully saturated rings. The summed E-state index contributed by atoms with van der Waals surface area (Å²) in [5.41, 5.74) is 0.878. The Kier molecular flexibility index (Phi) is 5.46. The van der Waals surface area contributed by atoms with E-state index in [0.29, 0.717) is 12.6 Å². The molecule has 0 amide bonds. The smallest absolute Gasteiger partial charge is 0.372 e. The molecule has 0 saturated heterocycles. The summed E-state index contributed by atoms with van der Waals surface area (Å²) in [7, 11) is 0. The third kappa shape index (κ3) is 5.42. The molecule has 0 heterocycles. The van der Waals surface area contributed by atoms with Crippen molar-refractivity contribution in [2.45, 2.75) is 37.6 Å². The lowest BCUT2D eigenvalue weighted by Gasteiger charge is -2.20. The maximum Gasteiger partial charge on any atom is 0.391 e. The van der Waals surface area contributed by atoms with Gasteiger partial charge in [0.1, 0.15) is 0 Å². The molecular formula is C14H17BrF3NO. The fourth-order valence-corrected chi connectivity index (χ4v) is 2.41. The summed E-state index contributed by atoms with van der Waals surface area (Å²) >= 11 is 3.42. The van der Waals surface area contributed by atoms with Gasteiger partial charge in [0, 0.05) is 17.1 Å². The normalized spacial score (nSPS) is 17.2. The summed E-state index contributed by atoms with van der Waals surface area (Å²) < 4.78 is 42.9. The lowest BCUT2D eigenvalue weighted by atomic mass is 10.1. The van der Waals surface area contributed by atoms with Crippen molar-refractivity contribution >= 4 is 15.9 Å². The van der Waals surface area contributed by atoms with Gasteiger partial charge in [0.05, 0.1) is 19.1 Å². The summed E-state index contributed by atoms with van der Waals surface area (Å²) in [5.74, 6) is 0. The van der Waals surface area contributed by atoms with Crippen LogP contribution in [0.1, 0.15) is 30.9 Å². The Hall–Kier alpha value is -0.590. The Morgan fingerprint density at radius 3 is 2.60 bits per heavy atom. The maximum atomic E-state index is 12.2. The largest absolute Gasteiger partial charge is 0.391 e. The van der Waals surface area contributed by atoms with Gasteiger partial charge in [0.15, 0.2) is 0 Å². The van der Waals surface area contributed by atoms with E-state index in [1.54, 1.807) is 0 Å². The first-order valence-electron chi connectivity index (χ1n) is 6.62. The molecule has 0 aromatic heterocycles. The highest BCUT2D eigenvalue weighted by Crippen LogP contribution is 2.28. The Labute approximate surface area is 124 Å². The minimum absolute atomic E-state index is 0.318. The van der Waals surface area contributed by atoms with Crippen molar-refractivity contribution in [2.75, 3.05) is 13.2 Å².